The Bertz CT molecular complexity index is 237. The van der Waals surface area contributed by atoms with Gasteiger partial charge in [-0.05, 0) is 55.3 Å². The lowest BCUT2D eigenvalue weighted by Gasteiger charge is -2.44. The number of hydrogen-bond donors (Lipinski definition) is 1. The van der Waals surface area contributed by atoms with Crippen LogP contribution in [0.5, 0.6) is 0 Å². The van der Waals surface area contributed by atoms with Crippen LogP contribution in [0.4, 0.5) is 0 Å². The quantitative estimate of drug-likeness (QED) is 0.553. The molecule has 1 heteroatoms. The summed E-state index contributed by atoms with van der Waals surface area (Å²) in [6.07, 6.45) is 5.85. The van der Waals surface area contributed by atoms with E-state index in [1.807, 2.05) is 0 Å². The van der Waals surface area contributed by atoms with E-state index in [1.54, 1.807) is 6.42 Å². The van der Waals surface area contributed by atoms with E-state index < -0.39 is 0 Å². The second-order valence-electron chi connectivity index (χ2n) is 5.51. The van der Waals surface area contributed by atoms with E-state index in [4.69, 9.17) is 5.73 Å². The molecule has 0 spiro atoms. The topological polar surface area (TPSA) is 26.0 Å². The highest BCUT2D eigenvalue weighted by atomic mass is 14.9. The predicted molar refractivity (Wildman–Crippen MR) is 42.8 cm³/mol. The van der Waals surface area contributed by atoms with Crippen LogP contribution in [-0.4, -0.2) is 5.54 Å². The normalized spacial score (nSPS) is 75.5. The van der Waals surface area contributed by atoms with Crippen LogP contribution < -0.4 is 5.73 Å². The van der Waals surface area contributed by atoms with Gasteiger partial charge in [0.2, 0.25) is 0 Å². The van der Waals surface area contributed by atoms with Crippen molar-refractivity contribution >= 4 is 0 Å². The average Bonchev–Trinajstić information content (AvgIpc) is 2.55. The summed E-state index contributed by atoms with van der Waals surface area (Å²) >= 11 is 0. The second-order valence-corrected chi connectivity index (χ2v) is 5.51. The SMILES string of the molecule is N[C@]12C[C@@H]3C[C@H](C1)C1C2[C@@H]1C3. The van der Waals surface area contributed by atoms with Crippen LogP contribution in [0, 0.1) is 29.6 Å². The zero-order valence-corrected chi connectivity index (χ0v) is 6.79. The van der Waals surface area contributed by atoms with Crippen molar-refractivity contribution in [1.82, 2.24) is 0 Å². The molecule has 6 atom stereocenters. The first kappa shape index (κ1) is 5.58. The van der Waals surface area contributed by atoms with Gasteiger partial charge in [0.1, 0.15) is 0 Å². The van der Waals surface area contributed by atoms with Crippen LogP contribution in [-0.2, 0) is 0 Å². The van der Waals surface area contributed by atoms with E-state index >= 15 is 0 Å². The van der Waals surface area contributed by atoms with Crippen LogP contribution in [0.1, 0.15) is 25.7 Å². The summed E-state index contributed by atoms with van der Waals surface area (Å²) in [6.45, 7) is 0. The Hall–Kier alpha value is -0.0400. The molecule has 0 saturated heterocycles. The van der Waals surface area contributed by atoms with E-state index in [1.165, 1.54) is 19.3 Å². The molecule has 0 aromatic rings. The summed E-state index contributed by atoms with van der Waals surface area (Å²) in [5, 5.41) is 0. The maximum atomic E-state index is 6.41. The third-order valence-electron chi connectivity index (χ3n) is 4.99. The summed E-state index contributed by atoms with van der Waals surface area (Å²) in [5.41, 5.74) is 6.75. The molecule has 60 valence electrons. The van der Waals surface area contributed by atoms with Gasteiger partial charge in [0, 0.05) is 5.54 Å². The van der Waals surface area contributed by atoms with Gasteiger partial charge in [0.05, 0.1) is 0 Å². The third-order valence-corrected chi connectivity index (χ3v) is 4.99. The van der Waals surface area contributed by atoms with E-state index in [-0.39, 0.29) is 0 Å². The molecule has 2 N–H and O–H groups in total. The van der Waals surface area contributed by atoms with Crippen LogP contribution in [0.25, 0.3) is 0 Å². The van der Waals surface area contributed by atoms with Crippen LogP contribution in [0.2, 0.25) is 0 Å². The highest BCUT2D eigenvalue weighted by Gasteiger charge is 2.73. The zero-order chi connectivity index (χ0) is 7.22. The molecule has 0 aromatic carbocycles. The maximum absolute atomic E-state index is 6.41. The predicted octanol–water partition coefficient (Wildman–Crippen LogP) is 1.38. The smallest absolute Gasteiger partial charge is 0.0193 e. The van der Waals surface area contributed by atoms with Crippen molar-refractivity contribution in [2.24, 2.45) is 35.3 Å². The molecule has 1 nitrogen and oxygen atoms in total. The fourth-order valence-corrected chi connectivity index (χ4v) is 4.99. The van der Waals surface area contributed by atoms with Crippen LogP contribution in [0.15, 0.2) is 0 Å². The first-order chi connectivity index (χ1) is 5.28. The molecule has 5 rings (SSSR count). The highest BCUT2D eigenvalue weighted by Crippen LogP contribution is 2.75. The molecule has 5 fully saturated rings. The Morgan fingerprint density at radius 3 is 2.82 bits per heavy atom. The summed E-state index contributed by atoms with van der Waals surface area (Å²) in [6, 6.07) is 0. The van der Waals surface area contributed by atoms with Gasteiger partial charge >= 0.3 is 0 Å². The van der Waals surface area contributed by atoms with Crippen LogP contribution in [0.3, 0.4) is 0 Å². The zero-order valence-electron chi connectivity index (χ0n) is 6.79. The van der Waals surface area contributed by atoms with E-state index in [0.717, 1.165) is 29.6 Å². The van der Waals surface area contributed by atoms with Crippen molar-refractivity contribution in [3.05, 3.63) is 0 Å². The molecule has 0 heterocycles. The van der Waals surface area contributed by atoms with Crippen molar-refractivity contribution < 1.29 is 0 Å². The largest absolute Gasteiger partial charge is 0.325 e. The second kappa shape index (κ2) is 1.28. The first-order valence-electron chi connectivity index (χ1n) is 5.07. The van der Waals surface area contributed by atoms with Crippen molar-refractivity contribution in [2.75, 3.05) is 0 Å². The number of hydrogen-bond acceptors (Lipinski definition) is 1. The monoisotopic (exact) mass is 149 g/mol. The highest BCUT2D eigenvalue weighted by molar-refractivity contribution is 5.25. The van der Waals surface area contributed by atoms with Crippen molar-refractivity contribution in [3.8, 4) is 0 Å². The molecule has 0 amide bonds. The molecular weight excluding hydrogens is 134 g/mol. The lowest BCUT2D eigenvalue weighted by molar-refractivity contribution is 0.105. The van der Waals surface area contributed by atoms with Gasteiger partial charge < -0.3 is 5.73 Å². The fourth-order valence-electron chi connectivity index (χ4n) is 4.99. The molecular formula is C10H15N. The third kappa shape index (κ3) is 0.438. The van der Waals surface area contributed by atoms with E-state index in [9.17, 15) is 0 Å². The fraction of sp³-hybridized carbons (Fsp3) is 1.00. The van der Waals surface area contributed by atoms with Gasteiger partial charge in [-0.15, -0.1) is 0 Å². The van der Waals surface area contributed by atoms with Gasteiger partial charge in [-0.3, -0.25) is 0 Å². The Balaban J connectivity index is 1.90. The molecule has 4 bridgehead atoms. The summed E-state index contributed by atoms with van der Waals surface area (Å²) in [5.74, 6) is 5.32. The molecule has 0 radical (unpaired) electrons. The Kier molecular flexibility index (Phi) is 0.651. The molecule has 5 aliphatic carbocycles. The van der Waals surface area contributed by atoms with Gasteiger partial charge in [0.15, 0.2) is 0 Å². The molecule has 0 aliphatic heterocycles. The van der Waals surface area contributed by atoms with Crippen LogP contribution >= 0.6 is 0 Å². The molecule has 5 aliphatic rings. The van der Waals surface area contributed by atoms with E-state index in [0.29, 0.717) is 5.54 Å². The minimum absolute atomic E-state index is 0.348. The van der Waals surface area contributed by atoms with Gasteiger partial charge in [-0.2, -0.15) is 0 Å². The standard InChI is InChI=1S/C10H15N/c11-10-3-5-1-6(4-10)8-7(2-5)9(8)10/h5-9H,1-4,11H2/t5-,6-,7-,8?,9?,10-/m1/s1. The summed E-state index contributed by atoms with van der Waals surface area (Å²) in [7, 11) is 0. The van der Waals surface area contributed by atoms with Gasteiger partial charge in [0.25, 0.3) is 0 Å². The minimum atomic E-state index is 0.348. The molecule has 2 unspecified atom stereocenters. The van der Waals surface area contributed by atoms with Crippen molar-refractivity contribution in [3.63, 3.8) is 0 Å². The molecule has 0 aromatic heterocycles. The lowest BCUT2D eigenvalue weighted by atomic mass is 9.64. The first-order valence-corrected chi connectivity index (χ1v) is 5.07. The average molecular weight is 149 g/mol. The summed E-state index contributed by atoms with van der Waals surface area (Å²) in [4.78, 5) is 0. The number of rotatable bonds is 0. The van der Waals surface area contributed by atoms with Gasteiger partial charge in [-0.1, -0.05) is 0 Å². The molecule has 5 saturated carbocycles. The maximum Gasteiger partial charge on any atom is 0.0193 e. The van der Waals surface area contributed by atoms with Crippen molar-refractivity contribution in [2.45, 2.75) is 31.2 Å². The Morgan fingerprint density at radius 1 is 1.18 bits per heavy atom. The Labute approximate surface area is 67.3 Å². The Morgan fingerprint density at radius 2 is 2.09 bits per heavy atom. The summed E-state index contributed by atoms with van der Waals surface area (Å²) < 4.78 is 0. The minimum Gasteiger partial charge on any atom is -0.325 e. The van der Waals surface area contributed by atoms with Gasteiger partial charge in [-0.25, -0.2) is 0 Å². The van der Waals surface area contributed by atoms with Crippen molar-refractivity contribution in [1.29, 1.82) is 0 Å². The number of nitrogens with two attached hydrogens (primary N) is 1. The molecule has 11 heavy (non-hydrogen) atoms. The van der Waals surface area contributed by atoms with E-state index in [2.05, 4.69) is 0 Å². The lowest BCUT2D eigenvalue weighted by Crippen LogP contribution is -2.49.